The number of fused-ring (bicyclic) bond motifs is 1. The lowest BCUT2D eigenvalue weighted by Crippen LogP contribution is -2.11. The Hall–Kier alpha value is -1.43. The lowest BCUT2D eigenvalue weighted by Gasteiger charge is -2.03. The average molecular weight is 368 g/mol. The van der Waals surface area contributed by atoms with E-state index in [2.05, 4.69) is 26.2 Å². The highest BCUT2D eigenvalue weighted by molar-refractivity contribution is 9.10. The molecular weight excluding hydrogens is 360 g/mol. The van der Waals surface area contributed by atoms with E-state index in [1.54, 1.807) is 18.2 Å². The molecule has 100 valence electrons. The molecule has 20 heavy (non-hydrogen) atoms. The van der Waals surface area contributed by atoms with Crippen molar-refractivity contribution in [3.05, 3.63) is 57.5 Å². The molecule has 1 aromatic heterocycles. The van der Waals surface area contributed by atoms with Crippen molar-refractivity contribution in [2.75, 3.05) is 5.32 Å². The summed E-state index contributed by atoms with van der Waals surface area (Å²) < 4.78 is 1.73. The van der Waals surface area contributed by atoms with Crippen LogP contribution in [0.4, 0.5) is 5.13 Å². The van der Waals surface area contributed by atoms with Gasteiger partial charge < -0.3 is 0 Å². The number of carbonyl (C=O) groups is 1. The molecule has 3 aromatic rings. The van der Waals surface area contributed by atoms with Crippen molar-refractivity contribution < 1.29 is 4.79 Å². The van der Waals surface area contributed by atoms with Crippen LogP contribution in [-0.4, -0.2) is 10.9 Å². The predicted molar refractivity (Wildman–Crippen MR) is 86.7 cm³/mol. The van der Waals surface area contributed by atoms with E-state index < -0.39 is 0 Å². The molecule has 0 radical (unpaired) electrons. The lowest BCUT2D eigenvalue weighted by molar-refractivity contribution is 0.102. The van der Waals surface area contributed by atoms with E-state index in [9.17, 15) is 4.79 Å². The second-order valence-corrected chi connectivity index (χ2v) is 6.36. The Bertz CT molecular complexity index is 770. The SMILES string of the molecule is O=C(Nc1nc2ccccc2s1)c1ccc(Cl)c(Br)c1. The van der Waals surface area contributed by atoms with Crippen LogP contribution in [0.5, 0.6) is 0 Å². The van der Waals surface area contributed by atoms with Crippen LogP contribution in [0.1, 0.15) is 10.4 Å². The molecule has 1 amide bonds. The van der Waals surface area contributed by atoms with Gasteiger partial charge in [-0.05, 0) is 46.3 Å². The summed E-state index contributed by atoms with van der Waals surface area (Å²) in [4.78, 5) is 16.5. The Morgan fingerprint density at radius 1 is 1.25 bits per heavy atom. The predicted octanol–water partition coefficient (Wildman–Crippen LogP) is 4.96. The highest BCUT2D eigenvalue weighted by Gasteiger charge is 2.11. The van der Waals surface area contributed by atoms with Gasteiger partial charge in [-0.2, -0.15) is 0 Å². The maximum atomic E-state index is 12.1. The van der Waals surface area contributed by atoms with Gasteiger partial charge in [0.2, 0.25) is 0 Å². The van der Waals surface area contributed by atoms with Crippen molar-refractivity contribution in [3.63, 3.8) is 0 Å². The molecule has 3 rings (SSSR count). The van der Waals surface area contributed by atoms with Crippen LogP contribution in [0.25, 0.3) is 10.2 Å². The zero-order valence-electron chi connectivity index (χ0n) is 10.1. The average Bonchev–Trinajstić information content (AvgIpc) is 2.83. The number of carbonyl (C=O) groups excluding carboxylic acids is 1. The van der Waals surface area contributed by atoms with Crippen LogP contribution in [0.3, 0.4) is 0 Å². The molecular formula is C14H8BrClN2OS. The third-order valence-corrected chi connectivity index (χ3v) is 4.86. The van der Waals surface area contributed by atoms with Crippen molar-refractivity contribution in [1.29, 1.82) is 0 Å². The van der Waals surface area contributed by atoms with Gasteiger partial charge in [0.05, 0.1) is 15.2 Å². The van der Waals surface area contributed by atoms with E-state index in [4.69, 9.17) is 11.6 Å². The number of para-hydroxylation sites is 1. The first kappa shape index (κ1) is 13.5. The third kappa shape index (κ3) is 2.70. The number of aromatic nitrogens is 1. The monoisotopic (exact) mass is 366 g/mol. The summed E-state index contributed by atoms with van der Waals surface area (Å²) in [6, 6.07) is 12.8. The number of hydrogen-bond acceptors (Lipinski definition) is 3. The first-order valence-electron chi connectivity index (χ1n) is 5.75. The van der Waals surface area contributed by atoms with Crippen LogP contribution in [0.2, 0.25) is 5.02 Å². The van der Waals surface area contributed by atoms with E-state index in [1.165, 1.54) is 11.3 Å². The van der Waals surface area contributed by atoms with E-state index in [0.29, 0.717) is 20.2 Å². The van der Waals surface area contributed by atoms with Crippen molar-refractivity contribution >= 4 is 60.1 Å². The Morgan fingerprint density at radius 3 is 2.80 bits per heavy atom. The minimum atomic E-state index is -0.207. The molecule has 0 aliphatic carbocycles. The number of thiazole rings is 1. The normalized spacial score (nSPS) is 10.7. The quantitative estimate of drug-likeness (QED) is 0.695. The zero-order valence-corrected chi connectivity index (χ0v) is 13.2. The molecule has 6 heteroatoms. The number of anilines is 1. The maximum Gasteiger partial charge on any atom is 0.257 e. The number of hydrogen-bond donors (Lipinski definition) is 1. The van der Waals surface area contributed by atoms with Crippen LogP contribution in [-0.2, 0) is 0 Å². The molecule has 0 aliphatic heterocycles. The van der Waals surface area contributed by atoms with Crippen LogP contribution in [0, 0.1) is 0 Å². The highest BCUT2D eigenvalue weighted by Crippen LogP contribution is 2.27. The number of nitrogens with zero attached hydrogens (tertiary/aromatic N) is 1. The molecule has 0 bridgehead atoms. The third-order valence-electron chi connectivity index (χ3n) is 2.70. The molecule has 0 atom stereocenters. The van der Waals surface area contributed by atoms with Crippen molar-refractivity contribution in [2.24, 2.45) is 0 Å². The van der Waals surface area contributed by atoms with Gasteiger partial charge in [0.1, 0.15) is 0 Å². The maximum absolute atomic E-state index is 12.1. The summed E-state index contributed by atoms with van der Waals surface area (Å²) in [6.07, 6.45) is 0. The number of rotatable bonds is 2. The van der Waals surface area contributed by atoms with Crippen molar-refractivity contribution in [3.8, 4) is 0 Å². The summed E-state index contributed by atoms with van der Waals surface area (Å²) >= 11 is 10.7. The molecule has 2 aromatic carbocycles. The summed E-state index contributed by atoms with van der Waals surface area (Å²) in [5, 5.41) is 3.96. The lowest BCUT2D eigenvalue weighted by atomic mass is 10.2. The Kier molecular flexibility index (Phi) is 3.74. The molecule has 0 unspecified atom stereocenters. The summed E-state index contributed by atoms with van der Waals surface area (Å²) in [7, 11) is 0. The number of nitrogens with one attached hydrogen (secondary N) is 1. The van der Waals surface area contributed by atoms with Gasteiger partial charge in [0, 0.05) is 10.0 Å². The number of amides is 1. The summed E-state index contributed by atoms with van der Waals surface area (Å²) in [6.45, 7) is 0. The van der Waals surface area contributed by atoms with Gasteiger partial charge in [-0.15, -0.1) is 0 Å². The van der Waals surface area contributed by atoms with Crippen LogP contribution in [0.15, 0.2) is 46.9 Å². The molecule has 0 saturated carbocycles. The first-order valence-corrected chi connectivity index (χ1v) is 7.74. The Morgan fingerprint density at radius 2 is 2.05 bits per heavy atom. The molecule has 0 fully saturated rings. The molecule has 1 N–H and O–H groups in total. The van der Waals surface area contributed by atoms with Gasteiger partial charge in [0.25, 0.3) is 5.91 Å². The molecule has 0 spiro atoms. The zero-order chi connectivity index (χ0) is 14.1. The summed E-state index contributed by atoms with van der Waals surface area (Å²) in [5.41, 5.74) is 1.41. The second kappa shape index (κ2) is 5.52. The van der Waals surface area contributed by atoms with Gasteiger partial charge in [-0.25, -0.2) is 4.98 Å². The number of benzene rings is 2. The fourth-order valence-electron chi connectivity index (χ4n) is 1.73. The second-order valence-electron chi connectivity index (χ2n) is 4.07. The van der Waals surface area contributed by atoms with Crippen LogP contribution >= 0.6 is 38.9 Å². The minimum Gasteiger partial charge on any atom is -0.298 e. The molecule has 0 aliphatic rings. The fraction of sp³-hybridized carbons (Fsp3) is 0. The highest BCUT2D eigenvalue weighted by atomic mass is 79.9. The Balaban J connectivity index is 1.86. The molecule has 0 saturated heterocycles. The molecule has 1 heterocycles. The van der Waals surface area contributed by atoms with Crippen molar-refractivity contribution in [1.82, 2.24) is 4.98 Å². The van der Waals surface area contributed by atoms with Gasteiger partial charge in [-0.3, -0.25) is 10.1 Å². The van der Waals surface area contributed by atoms with Gasteiger partial charge in [0.15, 0.2) is 5.13 Å². The van der Waals surface area contributed by atoms with E-state index in [-0.39, 0.29) is 5.91 Å². The minimum absolute atomic E-state index is 0.207. The topological polar surface area (TPSA) is 42.0 Å². The van der Waals surface area contributed by atoms with E-state index in [1.807, 2.05) is 24.3 Å². The Labute approximate surface area is 132 Å². The standard InChI is InChI=1S/C14H8BrClN2OS/c15-9-7-8(5-6-10(9)16)13(19)18-14-17-11-3-1-2-4-12(11)20-14/h1-7H,(H,17,18,19). The van der Waals surface area contributed by atoms with E-state index in [0.717, 1.165) is 10.2 Å². The van der Waals surface area contributed by atoms with E-state index >= 15 is 0 Å². The summed E-state index contributed by atoms with van der Waals surface area (Å²) in [5.74, 6) is -0.207. The van der Waals surface area contributed by atoms with Gasteiger partial charge in [-0.1, -0.05) is 35.1 Å². The fourth-order valence-corrected chi connectivity index (χ4v) is 3.09. The van der Waals surface area contributed by atoms with Gasteiger partial charge >= 0.3 is 0 Å². The smallest absolute Gasteiger partial charge is 0.257 e. The van der Waals surface area contributed by atoms with Crippen LogP contribution < -0.4 is 5.32 Å². The first-order chi connectivity index (χ1) is 9.63. The number of halogens is 2. The largest absolute Gasteiger partial charge is 0.298 e. The van der Waals surface area contributed by atoms with Crippen molar-refractivity contribution in [2.45, 2.75) is 0 Å². The molecule has 3 nitrogen and oxygen atoms in total.